The van der Waals surface area contributed by atoms with Gasteiger partial charge in [0.15, 0.2) is 11.7 Å². The Bertz CT molecular complexity index is 766. The maximum absolute atomic E-state index is 12.8. The summed E-state index contributed by atoms with van der Waals surface area (Å²) >= 11 is 0. The maximum atomic E-state index is 12.8. The third-order valence-electron chi connectivity index (χ3n) is 4.48. The first-order valence-corrected chi connectivity index (χ1v) is 6.94. The maximum Gasteiger partial charge on any atom is 0.233 e. The average Bonchev–Trinajstić information content (AvgIpc) is 2.47. The van der Waals surface area contributed by atoms with E-state index in [2.05, 4.69) is 0 Å². The molecule has 0 bridgehead atoms. The minimum absolute atomic E-state index is 0.0103. The molecule has 3 N–H and O–H groups in total. The van der Waals surface area contributed by atoms with Gasteiger partial charge in [0.2, 0.25) is 17.2 Å². The van der Waals surface area contributed by atoms with Crippen molar-refractivity contribution in [2.24, 2.45) is 0 Å². The second kappa shape index (κ2) is 4.56. The number of benzene rings is 1. The number of carbonyl (C=O) groups is 2. The third kappa shape index (κ3) is 1.71. The number of aliphatic hydroxyl groups excluding tert-OH is 1. The van der Waals surface area contributed by atoms with Crippen molar-refractivity contribution in [3.05, 3.63) is 35.1 Å². The first-order chi connectivity index (χ1) is 10.7. The number of ether oxygens (including phenoxy) is 2. The van der Waals surface area contributed by atoms with Gasteiger partial charge < -0.3 is 24.8 Å². The number of aliphatic hydroxyl groups is 2. The molecule has 1 aromatic carbocycles. The fourth-order valence-corrected chi connectivity index (χ4v) is 3.12. The van der Waals surface area contributed by atoms with Gasteiger partial charge in [-0.2, -0.15) is 0 Å². The fraction of sp³-hybridized carbons (Fsp3) is 0.375. The summed E-state index contributed by atoms with van der Waals surface area (Å²) in [6.07, 6.45) is -0.681. The zero-order valence-electron chi connectivity index (χ0n) is 12.8. The lowest BCUT2D eigenvalue weighted by molar-refractivity contribution is -0.176. The number of hydrogen-bond donors (Lipinski definition) is 3. The Labute approximate surface area is 131 Å². The minimum atomic E-state index is -2.66. The SMILES string of the molecule is COC1=CC(=O)[C@]2(O)C(=O)c3c(O)cc(C)cc3O[C@@]2(C)[C@@H]1O. The van der Waals surface area contributed by atoms with E-state index in [4.69, 9.17) is 9.47 Å². The number of ketones is 2. The van der Waals surface area contributed by atoms with Crippen LogP contribution in [0.15, 0.2) is 24.0 Å². The molecule has 7 heteroatoms. The number of aromatic hydroxyl groups is 1. The Morgan fingerprint density at radius 3 is 2.57 bits per heavy atom. The van der Waals surface area contributed by atoms with Crippen molar-refractivity contribution in [2.75, 3.05) is 7.11 Å². The van der Waals surface area contributed by atoms with Crippen LogP contribution in [0.25, 0.3) is 0 Å². The average molecular weight is 320 g/mol. The van der Waals surface area contributed by atoms with Crippen molar-refractivity contribution in [1.82, 2.24) is 0 Å². The normalized spacial score (nSPS) is 32.6. The van der Waals surface area contributed by atoms with E-state index in [1.807, 2.05) is 0 Å². The largest absolute Gasteiger partial charge is 0.507 e. The molecule has 2 aliphatic rings. The predicted octanol–water partition coefficient (Wildman–Crippen LogP) is 0.239. The third-order valence-corrected chi connectivity index (χ3v) is 4.48. The number of methoxy groups -OCH3 is 1. The zero-order valence-corrected chi connectivity index (χ0v) is 12.8. The Morgan fingerprint density at radius 1 is 1.30 bits per heavy atom. The second-order valence-electron chi connectivity index (χ2n) is 5.92. The van der Waals surface area contributed by atoms with Gasteiger partial charge in [-0.3, -0.25) is 9.59 Å². The predicted molar refractivity (Wildman–Crippen MR) is 77.3 cm³/mol. The molecule has 0 spiro atoms. The summed E-state index contributed by atoms with van der Waals surface area (Å²) in [6, 6.07) is 2.81. The monoisotopic (exact) mass is 320 g/mol. The highest BCUT2D eigenvalue weighted by Gasteiger charge is 2.69. The highest BCUT2D eigenvalue weighted by molar-refractivity contribution is 6.24. The summed E-state index contributed by atoms with van der Waals surface area (Å²) < 4.78 is 10.6. The van der Waals surface area contributed by atoms with Gasteiger partial charge in [0.25, 0.3) is 0 Å². The van der Waals surface area contributed by atoms with Gasteiger partial charge in [-0.05, 0) is 31.5 Å². The molecule has 23 heavy (non-hydrogen) atoms. The van der Waals surface area contributed by atoms with Crippen LogP contribution in [0.5, 0.6) is 11.5 Å². The number of rotatable bonds is 1. The van der Waals surface area contributed by atoms with Crippen LogP contribution >= 0.6 is 0 Å². The first kappa shape index (κ1) is 15.5. The van der Waals surface area contributed by atoms with E-state index in [1.54, 1.807) is 6.92 Å². The molecular weight excluding hydrogens is 304 g/mol. The van der Waals surface area contributed by atoms with Gasteiger partial charge >= 0.3 is 0 Å². The molecule has 3 rings (SSSR count). The van der Waals surface area contributed by atoms with E-state index in [-0.39, 0.29) is 17.1 Å². The van der Waals surface area contributed by atoms with E-state index in [9.17, 15) is 24.9 Å². The second-order valence-corrected chi connectivity index (χ2v) is 5.92. The Hall–Kier alpha value is -2.38. The van der Waals surface area contributed by atoms with Crippen molar-refractivity contribution in [1.29, 1.82) is 0 Å². The van der Waals surface area contributed by atoms with Crippen LogP contribution in [-0.2, 0) is 9.53 Å². The molecule has 0 unspecified atom stereocenters. The topological polar surface area (TPSA) is 113 Å². The lowest BCUT2D eigenvalue weighted by atomic mass is 9.67. The van der Waals surface area contributed by atoms with Crippen molar-refractivity contribution in [3.8, 4) is 11.5 Å². The molecule has 1 heterocycles. The van der Waals surface area contributed by atoms with Gasteiger partial charge in [-0.1, -0.05) is 0 Å². The summed E-state index contributed by atoms with van der Waals surface area (Å²) in [6.45, 7) is 2.93. The van der Waals surface area contributed by atoms with Crippen LogP contribution < -0.4 is 4.74 Å². The number of carbonyl (C=O) groups excluding carboxylic acids is 2. The molecule has 1 aliphatic carbocycles. The summed E-state index contributed by atoms with van der Waals surface area (Å²) in [5.74, 6) is -2.52. The van der Waals surface area contributed by atoms with Crippen LogP contribution in [0.2, 0.25) is 0 Å². The first-order valence-electron chi connectivity index (χ1n) is 6.94. The van der Waals surface area contributed by atoms with Crippen molar-refractivity contribution in [2.45, 2.75) is 31.2 Å². The number of hydrogen-bond acceptors (Lipinski definition) is 7. The number of Topliss-reactive ketones (excluding diaryl/α,β-unsaturated/α-hetero) is 1. The molecule has 122 valence electrons. The van der Waals surface area contributed by atoms with Crippen LogP contribution in [-0.4, -0.2) is 51.3 Å². The van der Waals surface area contributed by atoms with E-state index in [0.29, 0.717) is 5.56 Å². The highest BCUT2D eigenvalue weighted by atomic mass is 16.5. The van der Waals surface area contributed by atoms with Crippen LogP contribution in [0, 0.1) is 6.92 Å². The zero-order chi connectivity index (χ0) is 17.2. The van der Waals surface area contributed by atoms with Crippen molar-refractivity contribution >= 4 is 11.6 Å². The molecule has 0 aromatic heterocycles. The van der Waals surface area contributed by atoms with Crippen LogP contribution in [0.1, 0.15) is 22.8 Å². The highest BCUT2D eigenvalue weighted by Crippen LogP contribution is 2.48. The van der Waals surface area contributed by atoms with Gasteiger partial charge in [-0.15, -0.1) is 0 Å². The Balaban J connectivity index is 2.30. The summed E-state index contributed by atoms with van der Waals surface area (Å²) in [4.78, 5) is 25.1. The molecule has 0 amide bonds. The minimum Gasteiger partial charge on any atom is -0.507 e. The molecular formula is C16H16O7. The summed E-state index contributed by atoms with van der Waals surface area (Å²) in [5, 5.41) is 31.3. The molecule has 0 saturated heterocycles. The van der Waals surface area contributed by atoms with Gasteiger partial charge in [0.05, 0.1) is 7.11 Å². The summed E-state index contributed by atoms with van der Waals surface area (Å²) in [5.41, 5.74) is -4.31. The van der Waals surface area contributed by atoms with Crippen LogP contribution in [0.3, 0.4) is 0 Å². The van der Waals surface area contributed by atoms with Gasteiger partial charge in [0.1, 0.15) is 22.8 Å². The van der Waals surface area contributed by atoms with E-state index in [0.717, 1.165) is 6.08 Å². The van der Waals surface area contributed by atoms with E-state index >= 15 is 0 Å². The van der Waals surface area contributed by atoms with E-state index in [1.165, 1.54) is 26.2 Å². The van der Waals surface area contributed by atoms with Crippen molar-refractivity contribution in [3.63, 3.8) is 0 Å². The van der Waals surface area contributed by atoms with Crippen LogP contribution in [0.4, 0.5) is 0 Å². The molecule has 0 saturated carbocycles. The fourth-order valence-electron chi connectivity index (χ4n) is 3.12. The molecule has 0 fully saturated rings. The number of fused-ring (bicyclic) bond motifs is 2. The summed E-state index contributed by atoms with van der Waals surface area (Å²) in [7, 11) is 1.25. The molecule has 7 nitrogen and oxygen atoms in total. The Morgan fingerprint density at radius 2 is 1.96 bits per heavy atom. The molecule has 0 radical (unpaired) electrons. The Kier molecular flexibility index (Phi) is 3.08. The number of phenols is 1. The molecule has 1 aromatic rings. The molecule has 3 atom stereocenters. The number of aryl methyl sites for hydroxylation is 1. The van der Waals surface area contributed by atoms with E-state index < -0.39 is 34.6 Å². The smallest absolute Gasteiger partial charge is 0.233 e. The lowest BCUT2D eigenvalue weighted by Crippen LogP contribution is -2.74. The van der Waals surface area contributed by atoms with Gasteiger partial charge in [0, 0.05) is 6.08 Å². The standard InChI is InChI=1S/C16H16O7/c1-7-4-8(17)12-9(5-7)23-15(2)13(19)10(22-3)6-11(18)16(15,21)14(12)20/h4-6,13,17,19,21H,1-3H3/t13-,15+,16+/m1/s1. The van der Waals surface area contributed by atoms with Gasteiger partial charge in [-0.25, -0.2) is 0 Å². The number of phenolic OH excluding ortho intramolecular Hbond substituents is 1. The van der Waals surface area contributed by atoms with Crippen molar-refractivity contribution < 1.29 is 34.4 Å². The lowest BCUT2D eigenvalue weighted by Gasteiger charge is -2.49. The quantitative estimate of drug-likeness (QED) is 0.635. The molecule has 1 aliphatic heterocycles.